The molecule has 0 aromatic heterocycles. The lowest BCUT2D eigenvalue weighted by Crippen LogP contribution is -2.37. The summed E-state index contributed by atoms with van der Waals surface area (Å²) in [5, 5.41) is 0. The van der Waals surface area contributed by atoms with Gasteiger partial charge in [0.25, 0.3) is 0 Å². The van der Waals surface area contributed by atoms with Gasteiger partial charge in [-0.3, -0.25) is 18.6 Å². The summed E-state index contributed by atoms with van der Waals surface area (Å²) in [7, 11) is 1.48. The summed E-state index contributed by atoms with van der Waals surface area (Å²) in [6, 6.07) is 0. The van der Waals surface area contributed by atoms with Gasteiger partial charge in [0, 0.05) is 12.8 Å². The molecule has 0 rings (SSSR count). The third-order valence-corrected chi connectivity index (χ3v) is 7.62. The minimum Gasteiger partial charge on any atom is -0.462 e. The van der Waals surface area contributed by atoms with Crippen molar-refractivity contribution in [2.45, 2.75) is 136 Å². The highest BCUT2D eigenvalue weighted by Crippen LogP contribution is 2.43. The highest BCUT2D eigenvalue weighted by Gasteiger charge is 2.27. The fraction of sp³-hybridized carbons (Fsp3) is 0.933. The Balaban J connectivity index is 4.52. The fourth-order valence-corrected chi connectivity index (χ4v) is 4.81. The number of carbonyl (C=O) groups excluding carboxylic acids is 2. The van der Waals surface area contributed by atoms with Gasteiger partial charge in [0.15, 0.2) is 6.10 Å². The summed E-state index contributed by atoms with van der Waals surface area (Å²) in [5.41, 5.74) is 0. The standard InChI is InChI=1S/C30H60NO8P/c1-6-8-10-12-14-15-16-17-19-21-23-30(33)39-28(26-36-29(32)22-20-18-13-11-9-7-2)27-38-40(34,35)37-25-24-31(3,4)5/h28H,6-27H2,1-5H3/p+1/t28-/m1/s1. The SMILES string of the molecule is CCCCCCCCCCCCC(=O)O[C@H](COC(=O)CCCCCCCC)COP(=O)(O)OCC[N+](C)(C)C. The molecule has 0 saturated carbocycles. The smallest absolute Gasteiger partial charge is 0.462 e. The monoisotopic (exact) mass is 594 g/mol. The molecule has 0 saturated heterocycles. The van der Waals surface area contributed by atoms with Crippen molar-refractivity contribution in [2.75, 3.05) is 47.5 Å². The zero-order valence-corrected chi connectivity index (χ0v) is 27.2. The van der Waals surface area contributed by atoms with E-state index in [1.54, 1.807) is 0 Å². The number of phosphoric ester groups is 1. The molecule has 1 unspecified atom stereocenters. The van der Waals surface area contributed by atoms with Crippen molar-refractivity contribution < 1.29 is 42.1 Å². The number of phosphoric acid groups is 1. The average Bonchev–Trinajstić information content (AvgIpc) is 2.88. The first-order valence-electron chi connectivity index (χ1n) is 15.8. The van der Waals surface area contributed by atoms with Crippen LogP contribution in [0.5, 0.6) is 0 Å². The lowest BCUT2D eigenvalue weighted by atomic mass is 10.1. The van der Waals surface area contributed by atoms with Crippen LogP contribution in [-0.4, -0.2) is 74.9 Å². The average molecular weight is 595 g/mol. The zero-order valence-electron chi connectivity index (χ0n) is 26.3. The van der Waals surface area contributed by atoms with E-state index in [4.69, 9.17) is 18.5 Å². The van der Waals surface area contributed by atoms with Gasteiger partial charge in [0.1, 0.15) is 19.8 Å². The fourth-order valence-electron chi connectivity index (χ4n) is 4.07. The predicted molar refractivity (Wildman–Crippen MR) is 160 cm³/mol. The second-order valence-corrected chi connectivity index (χ2v) is 13.3. The summed E-state index contributed by atoms with van der Waals surface area (Å²) < 4.78 is 33.8. The highest BCUT2D eigenvalue weighted by atomic mass is 31.2. The Hall–Kier alpha value is -0.990. The number of carbonyl (C=O) groups is 2. The van der Waals surface area contributed by atoms with E-state index in [1.165, 1.54) is 57.8 Å². The Kier molecular flexibility index (Phi) is 24.0. The van der Waals surface area contributed by atoms with Crippen LogP contribution in [0.4, 0.5) is 0 Å². The molecule has 0 aliphatic rings. The maximum Gasteiger partial charge on any atom is 0.472 e. The lowest BCUT2D eigenvalue weighted by Gasteiger charge is -2.24. The quantitative estimate of drug-likeness (QED) is 0.0434. The van der Waals surface area contributed by atoms with Gasteiger partial charge in [-0.25, -0.2) is 4.57 Å². The Morgan fingerprint density at radius 2 is 1.12 bits per heavy atom. The van der Waals surface area contributed by atoms with Crippen molar-refractivity contribution in [1.82, 2.24) is 0 Å². The molecule has 0 amide bonds. The summed E-state index contributed by atoms with van der Waals surface area (Å²) in [4.78, 5) is 34.7. The summed E-state index contributed by atoms with van der Waals surface area (Å²) >= 11 is 0. The van der Waals surface area contributed by atoms with Crippen molar-refractivity contribution >= 4 is 19.8 Å². The molecule has 0 bridgehead atoms. The number of ether oxygens (including phenoxy) is 2. The van der Waals surface area contributed by atoms with Crippen molar-refractivity contribution in [2.24, 2.45) is 0 Å². The van der Waals surface area contributed by atoms with Crippen molar-refractivity contribution in [1.29, 1.82) is 0 Å². The molecule has 0 aromatic rings. The van der Waals surface area contributed by atoms with Gasteiger partial charge < -0.3 is 18.9 Å². The first-order chi connectivity index (χ1) is 19.0. The van der Waals surface area contributed by atoms with Gasteiger partial charge in [-0.15, -0.1) is 0 Å². The molecule has 10 heteroatoms. The van der Waals surface area contributed by atoms with Gasteiger partial charge in [-0.2, -0.15) is 0 Å². The molecule has 9 nitrogen and oxygen atoms in total. The normalized spacial score (nSPS) is 14.1. The van der Waals surface area contributed by atoms with Gasteiger partial charge in [-0.1, -0.05) is 104 Å². The molecule has 0 aromatic carbocycles. The Bertz CT molecular complexity index is 683. The summed E-state index contributed by atoms with van der Waals surface area (Å²) in [6.07, 6.45) is 17.5. The molecule has 40 heavy (non-hydrogen) atoms. The number of quaternary nitrogens is 1. The second kappa shape index (κ2) is 24.6. The molecule has 0 radical (unpaired) electrons. The maximum absolute atomic E-state index is 12.5. The molecule has 0 aliphatic heterocycles. The number of hydrogen-bond donors (Lipinski definition) is 1. The van der Waals surface area contributed by atoms with Crippen LogP contribution in [0.1, 0.15) is 129 Å². The second-order valence-electron chi connectivity index (χ2n) is 11.9. The van der Waals surface area contributed by atoms with Gasteiger partial charge >= 0.3 is 19.8 Å². The zero-order chi connectivity index (χ0) is 30.1. The van der Waals surface area contributed by atoms with E-state index < -0.39 is 26.5 Å². The van der Waals surface area contributed by atoms with Gasteiger partial charge in [0.2, 0.25) is 0 Å². The number of rotatable bonds is 28. The van der Waals surface area contributed by atoms with Crippen molar-refractivity contribution in [3.05, 3.63) is 0 Å². The molecular formula is C30H61NO8P+. The summed E-state index contributed by atoms with van der Waals surface area (Å²) in [6.45, 7) is 4.31. The molecule has 0 aliphatic carbocycles. The van der Waals surface area contributed by atoms with E-state index in [1.807, 2.05) is 21.1 Å². The molecule has 2 atom stereocenters. The van der Waals surface area contributed by atoms with E-state index in [9.17, 15) is 19.0 Å². The molecule has 1 N–H and O–H groups in total. The molecule has 0 heterocycles. The first-order valence-corrected chi connectivity index (χ1v) is 17.3. The largest absolute Gasteiger partial charge is 0.472 e. The van der Waals surface area contributed by atoms with E-state index in [0.29, 0.717) is 23.9 Å². The topological polar surface area (TPSA) is 108 Å². The first kappa shape index (κ1) is 39.0. The van der Waals surface area contributed by atoms with Crippen molar-refractivity contribution in [3.8, 4) is 0 Å². The van der Waals surface area contributed by atoms with Crippen LogP contribution >= 0.6 is 7.82 Å². The van der Waals surface area contributed by atoms with Gasteiger partial charge in [-0.05, 0) is 12.8 Å². The van der Waals surface area contributed by atoms with Crippen molar-refractivity contribution in [3.63, 3.8) is 0 Å². The predicted octanol–water partition coefficient (Wildman–Crippen LogP) is 7.34. The van der Waals surface area contributed by atoms with E-state index in [0.717, 1.165) is 38.5 Å². The third kappa shape index (κ3) is 27.2. The molecule has 238 valence electrons. The van der Waals surface area contributed by atoms with E-state index in [2.05, 4.69) is 13.8 Å². The number of nitrogens with zero attached hydrogens (tertiary/aromatic N) is 1. The number of unbranched alkanes of at least 4 members (excludes halogenated alkanes) is 14. The van der Waals surface area contributed by atoms with E-state index >= 15 is 0 Å². The van der Waals surface area contributed by atoms with Crippen LogP contribution in [-0.2, 0) is 32.7 Å². The minimum atomic E-state index is -4.34. The minimum absolute atomic E-state index is 0.0354. The van der Waals surface area contributed by atoms with Gasteiger partial charge in [0.05, 0.1) is 27.7 Å². The summed E-state index contributed by atoms with van der Waals surface area (Å²) in [5.74, 6) is -0.809. The van der Waals surface area contributed by atoms with Crippen LogP contribution in [0, 0.1) is 0 Å². The van der Waals surface area contributed by atoms with Crippen LogP contribution in [0.25, 0.3) is 0 Å². The number of hydrogen-bond acceptors (Lipinski definition) is 7. The van der Waals surface area contributed by atoms with Crippen LogP contribution in [0.3, 0.4) is 0 Å². The van der Waals surface area contributed by atoms with Crippen LogP contribution < -0.4 is 0 Å². The van der Waals surface area contributed by atoms with E-state index in [-0.39, 0.29) is 25.6 Å². The van der Waals surface area contributed by atoms with Crippen LogP contribution in [0.15, 0.2) is 0 Å². The number of likely N-dealkylation sites (N-methyl/N-ethyl adjacent to an activating group) is 1. The Labute approximate surface area is 244 Å². The molecular weight excluding hydrogens is 533 g/mol. The molecule has 0 fully saturated rings. The Morgan fingerprint density at radius 1 is 0.675 bits per heavy atom. The highest BCUT2D eigenvalue weighted by molar-refractivity contribution is 7.47. The maximum atomic E-state index is 12.5. The lowest BCUT2D eigenvalue weighted by molar-refractivity contribution is -0.870. The van der Waals surface area contributed by atoms with Crippen LogP contribution in [0.2, 0.25) is 0 Å². The third-order valence-electron chi connectivity index (χ3n) is 6.64. The molecule has 0 spiro atoms. The Morgan fingerprint density at radius 3 is 1.60 bits per heavy atom. The number of esters is 2.